The zero-order valence-electron chi connectivity index (χ0n) is 12.9. The maximum atomic E-state index is 12.7. The number of sulfonamides is 1. The standard InChI is InChI=1S/C15H15ClN2O5S/c1-22-10-4-6-13(23-2)14(8-10)24(20,21)18-12-5-3-9(16)7-11(12)15(17)19/h3-8,18H,1-2H3,(H2,17,19). The third kappa shape index (κ3) is 3.72. The van der Waals surface area contributed by atoms with E-state index in [1.165, 1.54) is 44.6 Å². The smallest absolute Gasteiger partial charge is 0.265 e. The Morgan fingerprint density at radius 1 is 1.12 bits per heavy atom. The average Bonchev–Trinajstić information content (AvgIpc) is 2.55. The normalized spacial score (nSPS) is 11.0. The molecule has 0 aliphatic rings. The topological polar surface area (TPSA) is 108 Å². The first-order chi connectivity index (χ1) is 11.3. The number of hydrogen-bond acceptors (Lipinski definition) is 5. The van der Waals surface area contributed by atoms with Gasteiger partial charge in [0.05, 0.1) is 25.5 Å². The molecular formula is C15H15ClN2O5S. The predicted molar refractivity (Wildman–Crippen MR) is 90.3 cm³/mol. The number of anilines is 1. The van der Waals surface area contributed by atoms with E-state index < -0.39 is 15.9 Å². The van der Waals surface area contributed by atoms with Gasteiger partial charge in [-0.15, -0.1) is 0 Å². The summed E-state index contributed by atoms with van der Waals surface area (Å²) in [5.41, 5.74) is 5.23. The zero-order chi connectivity index (χ0) is 17.9. The van der Waals surface area contributed by atoms with Gasteiger partial charge in [-0.3, -0.25) is 9.52 Å². The van der Waals surface area contributed by atoms with Gasteiger partial charge in [0, 0.05) is 11.1 Å². The summed E-state index contributed by atoms with van der Waals surface area (Å²) in [4.78, 5) is 11.4. The van der Waals surface area contributed by atoms with Crippen LogP contribution in [0.25, 0.3) is 0 Å². The van der Waals surface area contributed by atoms with Crippen molar-refractivity contribution < 1.29 is 22.7 Å². The predicted octanol–water partition coefficient (Wildman–Crippen LogP) is 2.26. The third-order valence-electron chi connectivity index (χ3n) is 3.15. The number of methoxy groups -OCH3 is 2. The first-order valence-electron chi connectivity index (χ1n) is 6.62. The zero-order valence-corrected chi connectivity index (χ0v) is 14.4. The number of primary amides is 1. The third-order valence-corrected chi connectivity index (χ3v) is 4.77. The van der Waals surface area contributed by atoms with Crippen molar-refractivity contribution in [2.75, 3.05) is 18.9 Å². The van der Waals surface area contributed by atoms with Crippen LogP contribution in [0.1, 0.15) is 10.4 Å². The Morgan fingerprint density at radius 2 is 1.83 bits per heavy atom. The quantitative estimate of drug-likeness (QED) is 0.810. The highest BCUT2D eigenvalue weighted by Gasteiger charge is 2.23. The number of rotatable bonds is 6. The summed E-state index contributed by atoms with van der Waals surface area (Å²) < 4.78 is 37.8. The van der Waals surface area contributed by atoms with Gasteiger partial charge in [-0.25, -0.2) is 8.42 Å². The molecule has 0 unspecified atom stereocenters. The molecule has 0 saturated heterocycles. The summed E-state index contributed by atoms with van der Waals surface area (Å²) in [6, 6.07) is 8.41. The lowest BCUT2D eigenvalue weighted by Gasteiger charge is -2.14. The summed E-state index contributed by atoms with van der Waals surface area (Å²) in [5, 5.41) is 0.255. The van der Waals surface area contributed by atoms with Crippen LogP contribution in [0.4, 0.5) is 5.69 Å². The van der Waals surface area contributed by atoms with Crippen LogP contribution in [0.2, 0.25) is 5.02 Å². The van der Waals surface area contributed by atoms with Gasteiger partial charge in [0.25, 0.3) is 15.9 Å². The molecule has 3 N–H and O–H groups in total. The second-order valence-electron chi connectivity index (χ2n) is 4.68. The first-order valence-corrected chi connectivity index (χ1v) is 8.49. The van der Waals surface area contributed by atoms with Crippen molar-refractivity contribution in [1.82, 2.24) is 0 Å². The van der Waals surface area contributed by atoms with Gasteiger partial charge >= 0.3 is 0 Å². The summed E-state index contributed by atoms with van der Waals surface area (Å²) in [5.74, 6) is -0.354. The summed E-state index contributed by atoms with van der Waals surface area (Å²) in [6.07, 6.45) is 0. The molecule has 0 heterocycles. The van der Waals surface area contributed by atoms with Crippen molar-refractivity contribution in [3.05, 3.63) is 47.0 Å². The van der Waals surface area contributed by atoms with Crippen molar-refractivity contribution in [2.45, 2.75) is 4.90 Å². The van der Waals surface area contributed by atoms with Gasteiger partial charge in [-0.05, 0) is 30.3 Å². The molecule has 0 spiro atoms. The molecule has 0 fully saturated rings. The number of benzene rings is 2. The molecule has 7 nitrogen and oxygen atoms in total. The van der Waals surface area contributed by atoms with Gasteiger partial charge in [0.1, 0.15) is 16.4 Å². The summed E-state index contributed by atoms with van der Waals surface area (Å²) in [6.45, 7) is 0. The summed E-state index contributed by atoms with van der Waals surface area (Å²) >= 11 is 5.81. The van der Waals surface area contributed by atoms with E-state index in [9.17, 15) is 13.2 Å². The Labute approximate surface area is 144 Å². The van der Waals surface area contributed by atoms with Gasteiger partial charge in [-0.2, -0.15) is 0 Å². The van der Waals surface area contributed by atoms with E-state index in [4.69, 9.17) is 26.8 Å². The van der Waals surface area contributed by atoms with Crippen LogP contribution >= 0.6 is 11.6 Å². The number of carbonyl (C=O) groups excluding carboxylic acids is 1. The molecule has 0 aliphatic carbocycles. The second kappa shape index (κ2) is 6.98. The number of hydrogen-bond donors (Lipinski definition) is 2. The molecule has 1 amide bonds. The number of carbonyl (C=O) groups is 1. The molecule has 2 aromatic carbocycles. The molecule has 2 rings (SSSR count). The fraction of sp³-hybridized carbons (Fsp3) is 0.133. The molecule has 0 bridgehead atoms. The van der Waals surface area contributed by atoms with E-state index in [2.05, 4.69) is 4.72 Å². The first kappa shape index (κ1) is 17.9. The molecule has 0 aliphatic heterocycles. The fourth-order valence-electron chi connectivity index (χ4n) is 2.00. The molecule has 24 heavy (non-hydrogen) atoms. The Bertz CT molecular complexity index is 883. The fourth-order valence-corrected chi connectivity index (χ4v) is 3.44. The summed E-state index contributed by atoms with van der Waals surface area (Å²) in [7, 11) is -1.31. The van der Waals surface area contributed by atoms with E-state index in [0.29, 0.717) is 5.75 Å². The number of nitrogens with two attached hydrogens (primary N) is 1. The maximum Gasteiger partial charge on any atom is 0.265 e. The Kier molecular flexibility index (Phi) is 5.20. The Hall–Kier alpha value is -2.45. The monoisotopic (exact) mass is 370 g/mol. The van der Waals surface area contributed by atoms with Gasteiger partial charge < -0.3 is 15.2 Å². The minimum atomic E-state index is -4.06. The highest BCUT2D eigenvalue weighted by Crippen LogP contribution is 2.31. The molecule has 2 aromatic rings. The van der Waals surface area contributed by atoms with Crippen molar-refractivity contribution in [3.63, 3.8) is 0 Å². The van der Waals surface area contributed by atoms with Crippen LogP contribution in [0.5, 0.6) is 11.5 Å². The number of ether oxygens (including phenoxy) is 2. The molecule has 9 heteroatoms. The minimum absolute atomic E-state index is 0.0109. The lowest BCUT2D eigenvalue weighted by Crippen LogP contribution is -2.19. The molecule has 0 atom stereocenters. The lowest BCUT2D eigenvalue weighted by molar-refractivity contribution is 0.100. The van der Waals surface area contributed by atoms with E-state index in [1.54, 1.807) is 6.07 Å². The number of halogens is 1. The van der Waals surface area contributed by atoms with Crippen LogP contribution in [0, 0.1) is 0 Å². The molecule has 128 valence electrons. The SMILES string of the molecule is COc1ccc(OC)c(S(=O)(=O)Nc2ccc(Cl)cc2C(N)=O)c1. The Balaban J connectivity index is 2.52. The van der Waals surface area contributed by atoms with Crippen LogP contribution in [0.15, 0.2) is 41.3 Å². The lowest BCUT2D eigenvalue weighted by atomic mass is 10.2. The van der Waals surface area contributed by atoms with Crippen molar-refractivity contribution in [2.24, 2.45) is 5.73 Å². The van der Waals surface area contributed by atoms with Crippen LogP contribution in [0.3, 0.4) is 0 Å². The van der Waals surface area contributed by atoms with Crippen LogP contribution in [-0.4, -0.2) is 28.5 Å². The molecule has 0 radical (unpaired) electrons. The minimum Gasteiger partial charge on any atom is -0.497 e. The van der Waals surface area contributed by atoms with Gasteiger partial charge in [-0.1, -0.05) is 11.6 Å². The molecule has 0 aromatic heterocycles. The van der Waals surface area contributed by atoms with E-state index in [-0.39, 0.29) is 26.9 Å². The van der Waals surface area contributed by atoms with Crippen molar-refractivity contribution in [3.8, 4) is 11.5 Å². The van der Waals surface area contributed by atoms with E-state index >= 15 is 0 Å². The van der Waals surface area contributed by atoms with E-state index in [0.717, 1.165) is 0 Å². The molecular weight excluding hydrogens is 356 g/mol. The van der Waals surface area contributed by atoms with Crippen LogP contribution in [-0.2, 0) is 10.0 Å². The highest BCUT2D eigenvalue weighted by molar-refractivity contribution is 7.92. The number of nitrogens with one attached hydrogen (secondary N) is 1. The Morgan fingerprint density at radius 3 is 2.42 bits per heavy atom. The second-order valence-corrected chi connectivity index (χ2v) is 6.76. The van der Waals surface area contributed by atoms with Crippen LogP contribution < -0.4 is 19.9 Å². The van der Waals surface area contributed by atoms with Gasteiger partial charge in [0.2, 0.25) is 0 Å². The average molecular weight is 371 g/mol. The highest BCUT2D eigenvalue weighted by atomic mass is 35.5. The largest absolute Gasteiger partial charge is 0.497 e. The van der Waals surface area contributed by atoms with Crippen molar-refractivity contribution >= 4 is 33.2 Å². The molecule has 0 saturated carbocycles. The van der Waals surface area contributed by atoms with Gasteiger partial charge in [0.15, 0.2) is 0 Å². The number of amides is 1. The van der Waals surface area contributed by atoms with E-state index in [1.807, 2.05) is 0 Å². The maximum absolute atomic E-state index is 12.7. The van der Waals surface area contributed by atoms with Crippen molar-refractivity contribution in [1.29, 1.82) is 0 Å².